The van der Waals surface area contributed by atoms with Gasteiger partial charge in [0.2, 0.25) is 5.95 Å². The lowest BCUT2D eigenvalue weighted by Crippen LogP contribution is -2.05. The Balaban J connectivity index is 1.71. The summed E-state index contributed by atoms with van der Waals surface area (Å²) in [5, 5.41) is 10.8. The van der Waals surface area contributed by atoms with Gasteiger partial charge in [0.15, 0.2) is 11.6 Å². The Morgan fingerprint density at radius 2 is 2.00 bits per heavy atom. The Hall–Kier alpha value is -3.17. The molecule has 130 valence electrons. The van der Waals surface area contributed by atoms with Crippen LogP contribution >= 0.6 is 0 Å². The van der Waals surface area contributed by atoms with Crippen molar-refractivity contribution in [3.63, 3.8) is 0 Å². The van der Waals surface area contributed by atoms with Crippen LogP contribution in [0.5, 0.6) is 5.75 Å². The molecule has 0 atom stereocenters. The Morgan fingerprint density at radius 3 is 2.72 bits per heavy atom. The van der Waals surface area contributed by atoms with Crippen LogP contribution in [0.4, 0.5) is 19.1 Å². The molecule has 0 aliphatic heterocycles. The number of aryl methyl sites for hydroxylation is 1. The summed E-state index contributed by atoms with van der Waals surface area (Å²) in [5.74, 6) is -1.01. The lowest BCUT2D eigenvalue weighted by atomic mass is 10.3. The average molecular weight is 350 g/mol. The standard InChI is InChI=1S/C15H13F3N6O/c1-9-5-19-15(20-6-9)21-7-10-8-24(23-22-10)11-2-3-12(16)13(4-11)25-14(17)18/h2-6,8,14H,7H2,1H3,(H,19,20,21). The molecular formula is C15H13F3N6O. The fourth-order valence-corrected chi connectivity index (χ4v) is 1.98. The quantitative estimate of drug-likeness (QED) is 0.737. The third-order valence-corrected chi connectivity index (χ3v) is 3.14. The first-order valence-electron chi connectivity index (χ1n) is 7.20. The van der Waals surface area contributed by atoms with Crippen LogP contribution in [0.15, 0.2) is 36.8 Å². The van der Waals surface area contributed by atoms with E-state index in [4.69, 9.17) is 0 Å². The van der Waals surface area contributed by atoms with Gasteiger partial charge < -0.3 is 10.1 Å². The second-order valence-electron chi connectivity index (χ2n) is 5.09. The first kappa shape index (κ1) is 16.7. The van der Waals surface area contributed by atoms with Crippen LogP contribution in [-0.2, 0) is 6.54 Å². The van der Waals surface area contributed by atoms with Crippen molar-refractivity contribution in [1.29, 1.82) is 0 Å². The first-order chi connectivity index (χ1) is 12.0. The van der Waals surface area contributed by atoms with E-state index in [9.17, 15) is 13.2 Å². The summed E-state index contributed by atoms with van der Waals surface area (Å²) in [6, 6.07) is 3.52. The van der Waals surface area contributed by atoms with Crippen LogP contribution in [0.2, 0.25) is 0 Å². The molecule has 0 fully saturated rings. The van der Waals surface area contributed by atoms with Crippen LogP contribution in [-0.4, -0.2) is 31.6 Å². The van der Waals surface area contributed by atoms with Gasteiger partial charge in [0.1, 0.15) is 5.69 Å². The summed E-state index contributed by atoms with van der Waals surface area (Å²) in [6.07, 6.45) is 4.92. The molecule has 0 aliphatic rings. The van der Waals surface area contributed by atoms with E-state index in [2.05, 4.69) is 30.3 Å². The molecule has 0 bridgehead atoms. The molecule has 0 saturated heterocycles. The first-order valence-corrected chi connectivity index (χ1v) is 7.20. The number of halogens is 3. The minimum Gasteiger partial charge on any atom is -0.432 e. The number of aromatic nitrogens is 5. The molecule has 1 aromatic carbocycles. The number of anilines is 1. The molecule has 2 heterocycles. The summed E-state index contributed by atoms with van der Waals surface area (Å²) in [6.45, 7) is -0.927. The normalized spacial score (nSPS) is 10.9. The van der Waals surface area contributed by atoms with Crippen molar-refractivity contribution in [1.82, 2.24) is 25.0 Å². The number of ether oxygens (including phenoxy) is 1. The van der Waals surface area contributed by atoms with Gasteiger partial charge in [0, 0.05) is 18.5 Å². The van der Waals surface area contributed by atoms with Crippen molar-refractivity contribution in [3.8, 4) is 11.4 Å². The predicted molar refractivity (Wildman–Crippen MR) is 82.0 cm³/mol. The molecule has 10 heteroatoms. The van der Waals surface area contributed by atoms with Crippen LogP contribution in [0.1, 0.15) is 11.3 Å². The summed E-state index contributed by atoms with van der Waals surface area (Å²) in [7, 11) is 0. The Morgan fingerprint density at radius 1 is 1.24 bits per heavy atom. The van der Waals surface area contributed by atoms with Gasteiger partial charge in [0.05, 0.1) is 18.4 Å². The molecule has 0 radical (unpaired) electrons. The summed E-state index contributed by atoms with van der Waals surface area (Å²) in [4.78, 5) is 8.20. The van der Waals surface area contributed by atoms with Gasteiger partial charge in [-0.2, -0.15) is 8.78 Å². The number of hydrogen-bond acceptors (Lipinski definition) is 6. The third kappa shape index (κ3) is 4.22. The second-order valence-corrected chi connectivity index (χ2v) is 5.09. The fraction of sp³-hybridized carbons (Fsp3) is 0.200. The molecule has 3 rings (SSSR count). The maximum absolute atomic E-state index is 13.5. The molecule has 0 unspecified atom stereocenters. The molecule has 0 spiro atoms. The van der Waals surface area contributed by atoms with Crippen molar-refractivity contribution in [2.24, 2.45) is 0 Å². The van der Waals surface area contributed by atoms with Crippen molar-refractivity contribution >= 4 is 5.95 Å². The van der Waals surface area contributed by atoms with E-state index in [1.54, 1.807) is 18.6 Å². The molecule has 2 aromatic heterocycles. The van der Waals surface area contributed by atoms with Gasteiger partial charge in [-0.3, -0.25) is 0 Å². The summed E-state index contributed by atoms with van der Waals surface area (Å²) < 4.78 is 43.5. The maximum Gasteiger partial charge on any atom is 0.387 e. The summed E-state index contributed by atoms with van der Waals surface area (Å²) >= 11 is 0. The zero-order chi connectivity index (χ0) is 17.8. The van der Waals surface area contributed by atoms with Gasteiger partial charge in [-0.15, -0.1) is 5.10 Å². The van der Waals surface area contributed by atoms with E-state index in [0.29, 0.717) is 23.9 Å². The lowest BCUT2D eigenvalue weighted by molar-refractivity contribution is -0.0521. The number of benzene rings is 1. The SMILES string of the molecule is Cc1cnc(NCc2cn(-c3ccc(F)c(OC(F)F)c3)nn2)nc1. The van der Waals surface area contributed by atoms with Crippen molar-refractivity contribution in [2.75, 3.05) is 5.32 Å². The van der Waals surface area contributed by atoms with Crippen molar-refractivity contribution in [2.45, 2.75) is 20.1 Å². The van der Waals surface area contributed by atoms with Crippen molar-refractivity contribution in [3.05, 3.63) is 53.9 Å². The molecule has 1 N–H and O–H groups in total. The van der Waals surface area contributed by atoms with E-state index in [1.165, 1.54) is 10.7 Å². The minimum atomic E-state index is -3.12. The third-order valence-electron chi connectivity index (χ3n) is 3.14. The molecular weight excluding hydrogens is 337 g/mol. The van der Waals surface area contributed by atoms with Crippen LogP contribution in [0, 0.1) is 12.7 Å². The Bertz CT molecular complexity index is 853. The van der Waals surface area contributed by atoms with Crippen molar-refractivity contribution < 1.29 is 17.9 Å². The topological polar surface area (TPSA) is 77.8 Å². The highest BCUT2D eigenvalue weighted by molar-refractivity contribution is 5.39. The van der Waals surface area contributed by atoms with E-state index in [1.807, 2.05) is 6.92 Å². The molecule has 0 saturated carbocycles. The minimum absolute atomic E-state index is 0.310. The van der Waals surface area contributed by atoms with Gasteiger partial charge in [-0.1, -0.05) is 5.21 Å². The van der Waals surface area contributed by atoms with Crippen LogP contribution in [0.25, 0.3) is 5.69 Å². The number of nitrogens with zero attached hydrogens (tertiary/aromatic N) is 5. The zero-order valence-electron chi connectivity index (χ0n) is 13.0. The van der Waals surface area contributed by atoms with E-state index < -0.39 is 18.2 Å². The van der Waals surface area contributed by atoms with E-state index >= 15 is 0 Å². The Labute approximate surface area is 140 Å². The largest absolute Gasteiger partial charge is 0.432 e. The number of nitrogens with one attached hydrogen (secondary N) is 1. The highest BCUT2D eigenvalue weighted by atomic mass is 19.3. The number of rotatable bonds is 6. The molecule has 0 amide bonds. The van der Waals surface area contributed by atoms with Gasteiger partial charge in [-0.05, 0) is 24.6 Å². The summed E-state index contributed by atoms with van der Waals surface area (Å²) in [5.41, 5.74) is 1.84. The van der Waals surface area contributed by atoms with Gasteiger partial charge in [-0.25, -0.2) is 19.0 Å². The Kier molecular flexibility index (Phi) is 4.78. The van der Waals surface area contributed by atoms with Crippen LogP contribution in [0.3, 0.4) is 0 Å². The lowest BCUT2D eigenvalue weighted by Gasteiger charge is -2.07. The number of alkyl halides is 2. The van der Waals surface area contributed by atoms with E-state index in [0.717, 1.165) is 17.7 Å². The predicted octanol–water partition coefficient (Wildman–Crippen LogP) is 2.72. The van der Waals surface area contributed by atoms with Gasteiger partial charge in [0.25, 0.3) is 0 Å². The van der Waals surface area contributed by atoms with Gasteiger partial charge >= 0.3 is 6.61 Å². The van der Waals surface area contributed by atoms with Crippen LogP contribution < -0.4 is 10.1 Å². The molecule has 7 nitrogen and oxygen atoms in total. The highest BCUT2D eigenvalue weighted by Crippen LogP contribution is 2.22. The average Bonchev–Trinajstić information content (AvgIpc) is 3.05. The molecule has 3 aromatic rings. The fourth-order valence-electron chi connectivity index (χ4n) is 1.98. The highest BCUT2D eigenvalue weighted by Gasteiger charge is 2.12. The zero-order valence-corrected chi connectivity index (χ0v) is 13.0. The number of hydrogen-bond donors (Lipinski definition) is 1. The molecule has 0 aliphatic carbocycles. The monoisotopic (exact) mass is 350 g/mol. The smallest absolute Gasteiger partial charge is 0.387 e. The second kappa shape index (κ2) is 7.16. The van der Waals surface area contributed by atoms with E-state index in [-0.39, 0.29) is 0 Å². The maximum atomic E-state index is 13.5. The molecule has 25 heavy (non-hydrogen) atoms.